The van der Waals surface area contributed by atoms with Gasteiger partial charge < -0.3 is 15.2 Å². The lowest BCUT2D eigenvalue weighted by Crippen LogP contribution is -2.17. The molecule has 0 aromatic carbocycles. The third kappa shape index (κ3) is 8.41. The van der Waals surface area contributed by atoms with Gasteiger partial charge in [-0.3, -0.25) is 4.79 Å². The van der Waals surface area contributed by atoms with Crippen LogP contribution >= 0.6 is 0 Å². The number of esters is 2. The molecule has 0 aliphatic heterocycles. The second kappa shape index (κ2) is 9.52. The Morgan fingerprint density at radius 2 is 1.48 bits per heavy atom. The van der Waals surface area contributed by atoms with E-state index in [1.54, 1.807) is 13.0 Å². The Bertz CT molecular complexity index is 476. The van der Waals surface area contributed by atoms with Crippen molar-refractivity contribution in [2.75, 3.05) is 13.2 Å². The number of rotatable bonds is 9. The van der Waals surface area contributed by atoms with Crippen LogP contribution in [-0.2, 0) is 23.9 Å². The van der Waals surface area contributed by atoms with E-state index in [2.05, 4.69) is 13.2 Å². The standard InChI is InChI=1S/C15H21NO5/c1-10(2)14(18)20-8-5-6-12(13(16)17)7-9-21-15(19)11(3)4/h6H,1,3,5,7-9H2,2,4H3,(H2,16,17). The molecule has 2 N–H and O–H groups in total. The van der Waals surface area contributed by atoms with Gasteiger partial charge in [-0.1, -0.05) is 19.2 Å². The topological polar surface area (TPSA) is 95.7 Å². The SMILES string of the molecule is C=C(C)C(=O)OCCC=C(CCOC(=O)C(=C)C)C(N)=O. The summed E-state index contributed by atoms with van der Waals surface area (Å²) in [4.78, 5) is 33.5. The molecule has 0 atom stereocenters. The molecule has 6 heteroatoms. The van der Waals surface area contributed by atoms with Crippen molar-refractivity contribution in [3.63, 3.8) is 0 Å². The van der Waals surface area contributed by atoms with Crippen LogP contribution in [0.3, 0.4) is 0 Å². The van der Waals surface area contributed by atoms with Crippen LogP contribution in [0.4, 0.5) is 0 Å². The number of ether oxygens (including phenoxy) is 2. The Labute approximate surface area is 124 Å². The molecule has 0 spiro atoms. The molecule has 0 heterocycles. The minimum atomic E-state index is -0.604. The van der Waals surface area contributed by atoms with E-state index < -0.39 is 17.8 Å². The number of nitrogens with two attached hydrogens (primary N) is 1. The summed E-state index contributed by atoms with van der Waals surface area (Å²) in [6, 6.07) is 0. The van der Waals surface area contributed by atoms with E-state index >= 15 is 0 Å². The van der Waals surface area contributed by atoms with Gasteiger partial charge in [0.15, 0.2) is 0 Å². The zero-order valence-electron chi connectivity index (χ0n) is 12.4. The van der Waals surface area contributed by atoms with Crippen molar-refractivity contribution in [3.05, 3.63) is 36.0 Å². The van der Waals surface area contributed by atoms with Crippen LogP contribution in [-0.4, -0.2) is 31.1 Å². The molecule has 21 heavy (non-hydrogen) atoms. The van der Waals surface area contributed by atoms with Crippen molar-refractivity contribution < 1.29 is 23.9 Å². The van der Waals surface area contributed by atoms with E-state index in [9.17, 15) is 14.4 Å². The fourth-order valence-corrected chi connectivity index (χ4v) is 1.21. The summed E-state index contributed by atoms with van der Waals surface area (Å²) in [7, 11) is 0. The molecule has 0 aromatic rings. The first-order valence-corrected chi connectivity index (χ1v) is 6.39. The zero-order valence-corrected chi connectivity index (χ0v) is 12.4. The Morgan fingerprint density at radius 1 is 1.00 bits per heavy atom. The summed E-state index contributed by atoms with van der Waals surface area (Å²) in [5.41, 5.74) is 6.12. The minimum Gasteiger partial charge on any atom is -0.462 e. The van der Waals surface area contributed by atoms with Crippen LogP contribution in [0.1, 0.15) is 26.7 Å². The molecule has 0 aliphatic rings. The van der Waals surface area contributed by atoms with E-state index in [4.69, 9.17) is 15.2 Å². The quantitative estimate of drug-likeness (QED) is 0.394. The van der Waals surface area contributed by atoms with Crippen molar-refractivity contribution in [1.29, 1.82) is 0 Å². The van der Waals surface area contributed by atoms with E-state index in [-0.39, 0.29) is 25.2 Å². The highest BCUT2D eigenvalue weighted by atomic mass is 16.5. The smallest absolute Gasteiger partial charge is 0.333 e. The molecule has 0 bridgehead atoms. The molecule has 0 aliphatic carbocycles. The Balaban J connectivity index is 4.23. The van der Waals surface area contributed by atoms with E-state index in [0.29, 0.717) is 17.6 Å². The van der Waals surface area contributed by atoms with Gasteiger partial charge in [-0.25, -0.2) is 9.59 Å². The predicted molar refractivity (Wildman–Crippen MR) is 78.1 cm³/mol. The Morgan fingerprint density at radius 3 is 1.90 bits per heavy atom. The van der Waals surface area contributed by atoms with Crippen LogP contribution in [0.25, 0.3) is 0 Å². The van der Waals surface area contributed by atoms with Gasteiger partial charge in [-0.2, -0.15) is 0 Å². The summed E-state index contributed by atoms with van der Waals surface area (Å²) in [6.07, 6.45) is 2.09. The van der Waals surface area contributed by atoms with Crippen LogP contribution in [0.5, 0.6) is 0 Å². The van der Waals surface area contributed by atoms with Gasteiger partial charge in [-0.05, 0) is 13.8 Å². The largest absolute Gasteiger partial charge is 0.462 e. The zero-order chi connectivity index (χ0) is 16.4. The van der Waals surface area contributed by atoms with E-state index in [1.807, 2.05) is 0 Å². The summed E-state index contributed by atoms with van der Waals surface area (Å²) in [5.74, 6) is -1.61. The number of carbonyl (C=O) groups excluding carboxylic acids is 3. The first-order valence-electron chi connectivity index (χ1n) is 6.39. The maximum atomic E-state index is 11.2. The molecule has 0 unspecified atom stereocenters. The highest BCUT2D eigenvalue weighted by Crippen LogP contribution is 2.05. The van der Waals surface area contributed by atoms with Crippen LogP contribution in [0, 0.1) is 0 Å². The maximum Gasteiger partial charge on any atom is 0.333 e. The molecule has 0 saturated heterocycles. The minimum absolute atomic E-state index is 0.0338. The van der Waals surface area contributed by atoms with E-state index in [0.717, 1.165) is 0 Å². The molecular formula is C15H21NO5. The lowest BCUT2D eigenvalue weighted by molar-refractivity contribution is -0.139. The molecule has 6 nitrogen and oxygen atoms in total. The first-order chi connectivity index (χ1) is 9.75. The monoisotopic (exact) mass is 295 g/mol. The van der Waals surface area contributed by atoms with Gasteiger partial charge >= 0.3 is 11.9 Å². The molecule has 1 amide bonds. The van der Waals surface area contributed by atoms with Crippen molar-refractivity contribution in [2.24, 2.45) is 5.73 Å². The number of hydrogen-bond acceptors (Lipinski definition) is 5. The highest BCUT2D eigenvalue weighted by molar-refractivity contribution is 5.92. The normalized spacial score (nSPS) is 10.7. The van der Waals surface area contributed by atoms with Crippen molar-refractivity contribution in [3.8, 4) is 0 Å². The molecule has 0 saturated carbocycles. The molecule has 116 valence electrons. The molecule has 0 rings (SSSR count). The number of hydrogen-bond donors (Lipinski definition) is 1. The average Bonchev–Trinajstić information content (AvgIpc) is 2.40. The summed E-state index contributed by atoms with van der Waals surface area (Å²) in [5, 5.41) is 0. The fourth-order valence-electron chi connectivity index (χ4n) is 1.21. The van der Waals surface area contributed by atoms with Gasteiger partial charge in [0, 0.05) is 29.6 Å². The van der Waals surface area contributed by atoms with Gasteiger partial charge in [0.25, 0.3) is 0 Å². The second-order valence-corrected chi connectivity index (χ2v) is 4.46. The average molecular weight is 295 g/mol. The number of carbonyl (C=O) groups is 3. The molecular weight excluding hydrogens is 274 g/mol. The summed E-state index contributed by atoms with van der Waals surface area (Å²) in [6.45, 7) is 10.1. The first kappa shape index (κ1) is 18.6. The lowest BCUT2D eigenvalue weighted by Gasteiger charge is -2.06. The fraction of sp³-hybridized carbons (Fsp3) is 0.400. The van der Waals surface area contributed by atoms with Gasteiger partial charge in [0.2, 0.25) is 5.91 Å². The summed E-state index contributed by atoms with van der Waals surface area (Å²) >= 11 is 0. The van der Waals surface area contributed by atoms with Crippen molar-refractivity contribution >= 4 is 17.8 Å². The molecule has 0 radical (unpaired) electrons. The second-order valence-electron chi connectivity index (χ2n) is 4.46. The van der Waals surface area contributed by atoms with Crippen molar-refractivity contribution in [1.82, 2.24) is 0 Å². The van der Waals surface area contributed by atoms with Gasteiger partial charge in [0.05, 0.1) is 13.2 Å². The van der Waals surface area contributed by atoms with Crippen LogP contribution in [0.15, 0.2) is 36.0 Å². The number of amides is 1. The maximum absolute atomic E-state index is 11.2. The van der Waals surface area contributed by atoms with Gasteiger partial charge in [-0.15, -0.1) is 0 Å². The van der Waals surface area contributed by atoms with E-state index in [1.165, 1.54) is 6.92 Å². The predicted octanol–water partition coefficient (Wildman–Crippen LogP) is 1.42. The third-order valence-electron chi connectivity index (χ3n) is 2.36. The third-order valence-corrected chi connectivity index (χ3v) is 2.36. The molecule has 0 fully saturated rings. The Hall–Kier alpha value is -2.37. The molecule has 0 aromatic heterocycles. The van der Waals surface area contributed by atoms with Crippen LogP contribution in [0.2, 0.25) is 0 Å². The van der Waals surface area contributed by atoms with Crippen molar-refractivity contribution in [2.45, 2.75) is 26.7 Å². The lowest BCUT2D eigenvalue weighted by atomic mass is 10.1. The Kier molecular flexibility index (Phi) is 8.45. The van der Waals surface area contributed by atoms with Crippen LogP contribution < -0.4 is 5.73 Å². The number of primary amides is 1. The summed E-state index contributed by atoms with van der Waals surface area (Å²) < 4.78 is 9.75. The highest BCUT2D eigenvalue weighted by Gasteiger charge is 2.08. The van der Waals surface area contributed by atoms with Gasteiger partial charge in [0.1, 0.15) is 0 Å².